The molecule has 0 aromatic carbocycles. The number of aromatic nitrogens is 1. The Bertz CT molecular complexity index is 899. The van der Waals surface area contributed by atoms with Gasteiger partial charge in [-0.05, 0) is 37.9 Å². The zero-order valence-electron chi connectivity index (χ0n) is 15.8. The summed E-state index contributed by atoms with van der Waals surface area (Å²) in [4.78, 5) is 34.5. The van der Waals surface area contributed by atoms with Crippen molar-refractivity contribution < 1.29 is 9.59 Å². The number of hydrogen-bond donors (Lipinski definition) is 2. The third-order valence-electron chi connectivity index (χ3n) is 6.30. The minimum absolute atomic E-state index is 0.0442. The van der Waals surface area contributed by atoms with Crippen LogP contribution in [0.1, 0.15) is 33.7 Å². The molecule has 8 heteroatoms. The Morgan fingerprint density at radius 2 is 1.96 bits per heavy atom. The monoisotopic (exact) mass is 399 g/mol. The fraction of sp³-hybridized carbons (Fsp3) is 0.550. The first-order chi connectivity index (χ1) is 13.7. The molecule has 0 aliphatic carbocycles. The highest BCUT2D eigenvalue weighted by atomic mass is 32.1. The van der Waals surface area contributed by atoms with Gasteiger partial charge in [0.25, 0.3) is 11.8 Å². The van der Waals surface area contributed by atoms with Crippen molar-refractivity contribution >= 4 is 33.2 Å². The summed E-state index contributed by atoms with van der Waals surface area (Å²) in [5.41, 5.74) is 1.08. The van der Waals surface area contributed by atoms with Crippen LogP contribution in [0.2, 0.25) is 0 Å². The summed E-state index contributed by atoms with van der Waals surface area (Å²) in [7, 11) is 0. The molecule has 28 heavy (non-hydrogen) atoms. The lowest BCUT2D eigenvalue weighted by Crippen LogP contribution is -2.57. The Morgan fingerprint density at radius 1 is 1.18 bits per heavy atom. The lowest BCUT2D eigenvalue weighted by Gasteiger charge is -2.44. The van der Waals surface area contributed by atoms with Crippen molar-refractivity contribution in [1.29, 1.82) is 0 Å². The molecular formula is C20H25N5O2S. The van der Waals surface area contributed by atoms with Crippen LogP contribution in [0.25, 0.3) is 10.1 Å². The Hall–Kier alpha value is -2.03. The summed E-state index contributed by atoms with van der Waals surface area (Å²) in [6.07, 6.45) is 4.04. The van der Waals surface area contributed by atoms with Gasteiger partial charge in [0, 0.05) is 55.7 Å². The highest BCUT2D eigenvalue weighted by molar-refractivity contribution is 7.17. The highest BCUT2D eigenvalue weighted by Gasteiger charge is 2.35. The molecule has 4 fully saturated rings. The van der Waals surface area contributed by atoms with Crippen molar-refractivity contribution in [3.63, 3.8) is 0 Å². The zero-order valence-corrected chi connectivity index (χ0v) is 16.6. The van der Waals surface area contributed by atoms with E-state index in [1.807, 2.05) is 10.3 Å². The van der Waals surface area contributed by atoms with Crippen LogP contribution in [-0.4, -0.2) is 78.5 Å². The first kappa shape index (κ1) is 18.0. The van der Waals surface area contributed by atoms with Crippen LogP contribution in [0, 0.1) is 5.92 Å². The van der Waals surface area contributed by atoms with Gasteiger partial charge in [0.05, 0.1) is 10.3 Å². The summed E-state index contributed by atoms with van der Waals surface area (Å²) < 4.78 is 0.942. The van der Waals surface area contributed by atoms with E-state index in [1.165, 1.54) is 11.3 Å². The summed E-state index contributed by atoms with van der Waals surface area (Å²) >= 11 is 1.51. The molecule has 2 aromatic heterocycles. The number of amides is 2. The van der Waals surface area contributed by atoms with Crippen LogP contribution in [0.5, 0.6) is 0 Å². The van der Waals surface area contributed by atoms with E-state index in [-0.39, 0.29) is 17.9 Å². The van der Waals surface area contributed by atoms with Gasteiger partial charge >= 0.3 is 0 Å². The second kappa shape index (κ2) is 7.42. The van der Waals surface area contributed by atoms with E-state index in [9.17, 15) is 9.59 Å². The van der Waals surface area contributed by atoms with E-state index < -0.39 is 0 Å². The average molecular weight is 400 g/mol. The second-order valence-electron chi connectivity index (χ2n) is 7.98. The molecule has 0 unspecified atom stereocenters. The molecule has 0 saturated carbocycles. The van der Waals surface area contributed by atoms with E-state index in [2.05, 4.69) is 20.5 Å². The van der Waals surface area contributed by atoms with Crippen LogP contribution >= 0.6 is 11.3 Å². The number of rotatable bonds is 3. The van der Waals surface area contributed by atoms with Crippen LogP contribution in [-0.2, 0) is 0 Å². The number of nitrogens with zero attached hydrogens (tertiary/aromatic N) is 3. The smallest absolute Gasteiger partial charge is 0.270 e. The van der Waals surface area contributed by atoms with E-state index in [1.54, 1.807) is 12.3 Å². The normalized spacial score (nSPS) is 27.1. The maximum atomic E-state index is 12.9. The average Bonchev–Trinajstić information content (AvgIpc) is 3.18. The van der Waals surface area contributed by atoms with Crippen molar-refractivity contribution in [2.24, 2.45) is 5.92 Å². The number of piperidine rings is 3. The Morgan fingerprint density at radius 3 is 2.68 bits per heavy atom. The Labute approximate surface area is 168 Å². The number of nitrogens with one attached hydrogen (secondary N) is 2. The van der Waals surface area contributed by atoms with Crippen LogP contribution in [0.4, 0.5) is 0 Å². The van der Waals surface area contributed by atoms with Gasteiger partial charge in [-0.2, -0.15) is 0 Å². The molecule has 6 rings (SSSR count). The number of thiophene rings is 1. The van der Waals surface area contributed by atoms with E-state index in [0.29, 0.717) is 30.3 Å². The SMILES string of the molecule is O=C(N[C@H]1CN2CCC1CC2)c1cc2c(C(=O)N3CCNCC3)csc2cn1. The fourth-order valence-corrected chi connectivity index (χ4v) is 5.51. The third kappa shape index (κ3) is 3.29. The number of fused-ring (bicyclic) bond motifs is 4. The predicted octanol–water partition coefficient (Wildman–Crippen LogP) is 1.17. The van der Waals surface area contributed by atoms with Gasteiger partial charge in [0.2, 0.25) is 0 Å². The Balaban J connectivity index is 1.36. The van der Waals surface area contributed by atoms with Gasteiger partial charge in [-0.3, -0.25) is 9.59 Å². The quantitative estimate of drug-likeness (QED) is 0.810. The van der Waals surface area contributed by atoms with Crippen molar-refractivity contribution in [2.75, 3.05) is 45.8 Å². The van der Waals surface area contributed by atoms with E-state index in [0.717, 1.165) is 55.7 Å². The van der Waals surface area contributed by atoms with E-state index in [4.69, 9.17) is 0 Å². The maximum Gasteiger partial charge on any atom is 0.270 e. The maximum absolute atomic E-state index is 12.9. The number of pyridine rings is 1. The van der Waals surface area contributed by atoms with Crippen molar-refractivity contribution in [3.05, 3.63) is 28.9 Å². The second-order valence-corrected chi connectivity index (χ2v) is 8.89. The molecule has 2 aromatic rings. The molecule has 6 heterocycles. The van der Waals surface area contributed by atoms with Crippen molar-refractivity contribution in [1.82, 2.24) is 25.4 Å². The molecule has 4 saturated heterocycles. The number of hydrogen-bond acceptors (Lipinski definition) is 6. The minimum Gasteiger partial charge on any atom is -0.346 e. The highest BCUT2D eigenvalue weighted by Crippen LogP contribution is 2.29. The molecular weight excluding hydrogens is 374 g/mol. The van der Waals surface area contributed by atoms with Gasteiger partial charge in [-0.15, -0.1) is 11.3 Å². The number of piperazine rings is 1. The topological polar surface area (TPSA) is 77.6 Å². The molecule has 2 amide bonds. The molecule has 4 aliphatic rings. The largest absolute Gasteiger partial charge is 0.346 e. The Kier molecular flexibility index (Phi) is 4.78. The van der Waals surface area contributed by atoms with Crippen LogP contribution < -0.4 is 10.6 Å². The molecule has 4 aliphatic heterocycles. The summed E-state index contributed by atoms with van der Waals surface area (Å²) in [6.45, 7) is 6.30. The van der Waals surface area contributed by atoms with Gasteiger partial charge in [-0.25, -0.2) is 4.98 Å². The standard InChI is InChI=1S/C20H25N5O2S/c26-19(23-17-11-24-5-1-13(17)2-6-24)16-9-14-15(12-28-18(14)10-22-16)20(27)25-7-3-21-4-8-25/h9-10,12-13,17,21H,1-8,11H2,(H,23,26)/t17-/m0/s1. The van der Waals surface area contributed by atoms with E-state index >= 15 is 0 Å². The fourth-order valence-electron chi connectivity index (χ4n) is 4.63. The molecule has 0 radical (unpaired) electrons. The summed E-state index contributed by atoms with van der Waals surface area (Å²) in [5, 5.41) is 9.19. The molecule has 1 atom stereocenters. The first-order valence-corrected chi connectivity index (χ1v) is 11.0. The van der Waals surface area contributed by atoms with Crippen LogP contribution in [0.3, 0.4) is 0 Å². The third-order valence-corrected chi connectivity index (χ3v) is 7.23. The zero-order chi connectivity index (χ0) is 19.1. The number of carbonyl (C=O) groups excluding carboxylic acids is 2. The van der Waals surface area contributed by atoms with Gasteiger partial charge < -0.3 is 20.4 Å². The molecule has 2 bridgehead atoms. The van der Waals surface area contributed by atoms with Gasteiger partial charge in [0.15, 0.2) is 0 Å². The lowest BCUT2D eigenvalue weighted by molar-refractivity contribution is 0.0617. The first-order valence-electron chi connectivity index (χ1n) is 10.1. The number of carbonyl (C=O) groups is 2. The predicted molar refractivity (Wildman–Crippen MR) is 109 cm³/mol. The minimum atomic E-state index is -0.132. The molecule has 2 N–H and O–H groups in total. The summed E-state index contributed by atoms with van der Waals surface area (Å²) in [6, 6.07) is 2.00. The van der Waals surface area contributed by atoms with Gasteiger partial charge in [-0.1, -0.05) is 0 Å². The van der Waals surface area contributed by atoms with Gasteiger partial charge in [0.1, 0.15) is 5.69 Å². The molecule has 0 spiro atoms. The summed E-state index contributed by atoms with van der Waals surface area (Å²) in [5.74, 6) is 0.485. The van der Waals surface area contributed by atoms with Crippen molar-refractivity contribution in [3.8, 4) is 0 Å². The van der Waals surface area contributed by atoms with Crippen LogP contribution in [0.15, 0.2) is 17.6 Å². The lowest BCUT2D eigenvalue weighted by atomic mass is 9.84. The van der Waals surface area contributed by atoms with Crippen molar-refractivity contribution in [2.45, 2.75) is 18.9 Å². The molecule has 148 valence electrons. The molecule has 7 nitrogen and oxygen atoms in total.